The van der Waals surface area contributed by atoms with Gasteiger partial charge >= 0.3 is 0 Å². The van der Waals surface area contributed by atoms with Crippen molar-refractivity contribution in [2.75, 3.05) is 22.9 Å². The average molecular weight is 387 g/mol. The minimum absolute atomic E-state index is 0.0234. The fraction of sp³-hybridized carbons (Fsp3) is 0.407. The maximum absolute atomic E-state index is 2.54. The highest BCUT2D eigenvalue weighted by Crippen LogP contribution is 2.48. The van der Waals surface area contributed by atoms with Crippen molar-refractivity contribution < 1.29 is 0 Å². The molecule has 2 aliphatic rings. The summed E-state index contributed by atoms with van der Waals surface area (Å²) in [7, 11) is 0. The first-order valence-electron chi connectivity index (χ1n) is 11.0. The fourth-order valence-corrected chi connectivity index (χ4v) is 5.41. The highest BCUT2D eigenvalue weighted by atomic mass is 15.2. The van der Waals surface area contributed by atoms with Crippen LogP contribution in [0, 0.1) is 0 Å². The molecule has 2 nitrogen and oxygen atoms in total. The molecule has 0 N–H and O–H groups in total. The van der Waals surface area contributed by atoms with E-state index in [1.54, 1.807) is 0 Å². The molecule has 0 aliphatic carbocycles. The lowest BCUT2D eigenvalue weighted by molar-refractivity contribution is 0.478. The number of rotatable bonds is 4. The van der Waals surface area contributed by atoms with Gasteiger partial charge in [0, 0.05) is 41.0 Å². The Labute approximate surface area is 176 Å². The smallest absolute Gasteiger partial charge is 0.0568 e. The van der Waals surface area contributed by atoms with Crippen LogP contribution in [-0.4, -0.2) is 19.1 Å². The topological polar surface area (TPSA) is 6.48 Å². The van der Waals surface area contributed by atoms with Gasteiger partial charge < -0.3 is 9.80 Å². The van der Waals surface area contributed by atoms with Crippen molar-refractivity contribution in [2.45, 2.75) is 58.4 Å². The van der Waals surface area contributed by atoms with Crippen LogP contribution in [-0.2, 0) is 10.8 Å². The SMILES string of the molecule is CCN1C(=CC=CC2N(CC)c3ccccc3C2(C)C)C(C)(C)c2ccccc21. The predicted molar refractivity (Wildman–Crippen MR) is 126 cm³/mol. The number of nitrogens with zero attached hydrogens (tertiary/aromatic N) is 2. The second-order valence-electron chi connectivity index (χ2n) is 9.29. The molecule has 0 amide bonds. The van der Waals surface area contributed by atoms with Gasteiger partial charge in [0.1, 0.15) is 0 Å². The summed E-state index contributed by atoms with van der Waals surface area (Å²) in [6, 6.07) is 18.1. The average Bonchev–Trinajstić information content (AvgIpc) is 3.07. The van der Waals surface area contributed by atoms with Crippen molar-refractivity contribution in [1.82, 2.24) is 0 Å². The van der Waals surface area contributed by atoms with Crippen molar-refractivity contribution in [3.05, 3.63) is 83.6 Å². The van der Waals surface area contributed by atoms with E-state index in [0.717, 1.165) is 13.1 Å². The quantitative estimate of drug-likeness (QED) is 0.597. The number of benzene rings is 2. The lowest BCUT2D eigenvalue weighted by atomic mass is 9.80. The Balaban J connectivity index is 1.69. The van der Waals surface area contributed by atoms with Gasteiger partial charge in [0.2, 0.25) is 0 Å². The van der Waals surface area contributed by atoms with Gasteiger partial charge in [-0.2, -0.15) is 0 Å². The molecule has 0 spiro atoms. The van der Waals surface area contributed by atoms with Crippen LogP contribution >= 0.6 is 0 Å². The van der Waals surface area contributed by atoms with Crippen molar-refractivity contribution in [3.63, 3.8) is 0 Å². The molecule has 152 valence electrons. The third kappa shape index (κ3) is 2.92. The minimum Gasteiger partial charge on any atom is -0.364 e. The molecule has 2 aromatic carbocycles. The molecule has 2 aromatic rings. The number of hydrogen-bond acceptors (Lipinski definition) is 2. The zero-order chi connectivity index (χ0) is 20.8. The normalized spacial score (nSPS) is 23.1. The molecule has 2 aliphatic heterocycles. The highest BCUT2D eigenvalue weighted by molar-refractivity contribution is 5.71. The first-order chi connectivity index (χ1) is 13.8. The first kappa shape index (κ1) is 19.8. The maximum atomic E-state index is 2.54. The summed E-state index contributed by atoms with van der Waals surface area (Å²) in [6.45, 7) is 15.9. The van der Waals surface area contributed by atoms with Gasteiger partial charge in [-0.3, -0.25) is 0 Å². The summed E-state index contributed by atoms with van der Waals surface area (Å²) in [4.78, 5) is 5.00. The Bertz CT molecular complexity index is 964. The number of likely N-dealkylation sites (N-methyl/N-ethyl adjacent to an activating group) is 2. The molecule has 2 heterocycles. The summed E-state index contributed by atoms with van der Waals surface area (Å²) in [5, 5.41) is 0. The van der Waals surface area contributed by atoms with E-state index in [4.69, 9.17) is 0 Å². The summed E-state index contributed by atoms with van der Waals surface area (Å²) in [5.74, 6) is 0. The molecule has 0 saturated carbocycles. The predicted octanol–water partition coefficient (Wildman–Crippen LogP) is 6.43. The Hall–Kier alpha value is -2.48. The summed E-state index contributed by atoms with van der Waals surface area (Å²) in [5.41, 5.74) is 7.11. The lowest BCUT2D eigenvalue weighted by Gasteiger charge is -2.31. The van der Waals surface area contributed by atoms with Crippen LogP contribution < -0.4 is 9.80 Å². The Kier molecular flexibility index (Phi) is 4.85. The molecule has 4 rings (SSSR count). The first-order valence-corrected chi connectivity index (χ1v) is 11.0. The molecular weight excluding hydrogens is 352 g/mol. The fourth-order valence-electron chi connectivity index (χ4n) is 5.41. The van der Waals surface area contributed by atoms with Gasteiger partial charge in [0.15, 0.2) is 0 Å². The van der Waals surface area contributed by atoms with E-state index in [1.807, 2.05) is 0 Å². The molecule has 0 saturated heterocycles. The van der Waals surface area contributed by atoms with Crippen LogP contribution in [0.2, 0.25) is 0 Å². The van der Waals surface area contributed by atoms with Gasteiger partial charge in [0.25, 0.3) is 0 Å². The van der Waals surface area contributed by atoms with E-state index in [2.05, 4.69) is 118 Å². The van der Waals surface area contributed by atoms with E-state index >= 15 is 0 Å². The van der Waals surface area contributed by atoms with Crippen molar-refractivity contribution in [3.8, 4) is 0 Å². The van der Waals surface area contributed by atoms with Crippen molar-refractivity contribution >= 4 is 11.4 Å². The largest absolute Gasteiger partial charge is 0.364 e. The number of allylic oxidation sites excluding steroid dienone is 3. The van der Waals surface area contributed by atoms with Crippen LogP contribution in [0.1, 0.15) is 52.7 Å². The summed E-state index contributed by atoms with van der Waals surface area (Å²) >= 11 is 0. The van der Waals surface area contributed by atoms with Crippen LogP contribution in [0.25, 0.3) is 0 Å². The molecule has 1 atom stereocenters. The van der Waals surface area contributed by atoms with Gasteiger partial charge in [-0.25, -0.2) is 0 Å². The number of para-hydroxylation sites is 2. The van der Waals surface area contributed by atoms with E-state index in [0.29, 0.717) is 6.04 Å². The molecule has 1 unspecified atom stereocenters. The second kappa shape index (κ2) is 7.09. The molecule has 0 bridgehead atoms. The van der Waals surface area contributed by atoms with E-state index in [-0.39, 0.29) is 10.8 Å². The third-order valence-electron chi connectivity index (χ3n) is 6.99. The third-order valence-corrected chi connectivity index (χ3v) is 6.99. The van der Waals surface area contributed by atoms with Crippen molar-refractivity contribution in [2.24, 2.45) is 0 Å². The van der Waals surface area contributed by atoms with E-state index < -0.39 is 0 Å². The van der Waals surface area contributed by atoms with Gasteiger partial charge in [-0.15, -0.1) is 0 Å². The Morgan fingerprint density at radius 2 is 1.45 bits per heavy atom. The Morgan fingerprint density at radius 1 is 0.828 bits per heavy atom. The lowest BCUT2D eigenvalue weighted by Crippen LogP contribution is -2.39. The van der Waals surface area contributed by atoms with Crippen LogP contribution in [0.15, 0.2) is 72.5 Å². The molecule has 0 radical (unpaired) electrons. The molecule has 0 fully saturated rings. The van der Waals surface area contributed by atoms with Crippen LogP contribution in [0.3, 0.4) is 0 Å². The van der Waals surface area contributed by atoms with Crippen molar-refractivity contribution in [1.29, 1.82) is 0 Å². The standard InChI is InChI=1S/C27H34N2/c1-7-28-22-16-11-9-14-20(22)26(3,4)24(28)18-13-19-25-27(5,6)21-15-10-12-17-23(21)29(25)8-2/h9-19,24H,7-8H2,1-6H3. The van der Waals surface area contributed by atoms with E-state index in [1.165, 1.54) is 28.2 Å². The van der Waals surface area contributed by atoms with Crippen LogP contribution in [0.5, 0.6) is 0 Å². The summed E-state index contributed by atoms with van der Waals surface area (Å²) in [6.07, 6.45) is 7.05. The number of fused-ring (bicyclic) bond motifs is 2. The zero-order valence-corrected chi connectivity index (χ0v) is 18.7. The number of anilines is 2. The molecule has 0 aromatic heterocycles. The maximum Gasteiger partial charge on any atom is 0.0568 e. The van der Waals surface area contributed by atoms with E-state index in [9.17, 15) is 0 Å². The zero-order valence-electron chi connectivity index (χ0n) is 18.7. The van der Waals surface area contributed by atoms with Gasteiger partial charge in [-0.1, -0.05) is 76.2 Å². The summed E-state index contributed by atoms with van der Waals surface area (Å²) < 4.78 is 0. The molecule has 29 heavy (non-hydrogen) atoms. The van der Waals surface area contributed by atoms with Gasteiger partial charge in [0.05, 0.1) is 6.04 Å². The van der Waals surface area contributed by atoms with Gasteiger partial charge in [-0.05, 0) is 43.2 Å². The number of hydrogen-bond donors (Lipinski definition) is 0. The molecular formula is C27H34N2. The highest BCUT2D eigenvalue weighted by Gasteiger charge is 2.42. The second-order valence-corrected chi connectivity index (χ2v) is 9.29. The molecule has 2 heteroatoms. The van der Waals surface area contributed by atoms with Crippen LogP contribution in [0.4, 0.5) is 11.4 Å². The monoisotopic (exact) mass is 386 g/mol. The Morgan fingerprint density at radius 3 is 2.10 bits per heavy atom. The minimum atomic E-state index is 0.0234.